The van der Waals surface area contributed by atoms with Crippen molar-refractivity contribution >= 4 is 10.0 Å². The molecule has 6 heteroatoms. The van der Waals surface area contributed by atoms with Gasteiger partial charge in [0.1, 0.15) is 0 Å². The Hall–Kier alpha value is -1.42. The topological polar surface area (TPSA) is 64.4 Å². The van der Waals surface area contributed by atoms with E-state index in [9.17, 15) is 8.42 Å². The number of piperidine rings is 1. The second kappa shape index (κ2) is 6.56. The summed E-state index contributed by atoms with van der Waals surface area (Å²) in [6.07, 6.45) is 1.94. The fourth-order valence-corrected chi connectivity index (χ4v) is 4.09. The quantitative estimate of drug-likeness (QED) is 0.844. The van der Waals surface area contributed by atoms with Crippen molar-refractivity contribution in [1.29, 1.82) is 5.26 Å². The van der Waals surface area contributed by atoms with Crippen LogP contribution in [0.1, 0.15) is 24.0 Å². The number of hydrogen-bond acceptors (Lipinski definition) is 4. The minimum Gasteiger partial charge on any atom is -0.305 e. The van der Waals surface area contributed by atoms with Crippen molar-refractivity contribution in [3.05, 3.63) is 35.4 Å². The van der Waals surface area contributed by atoms with E-state index in [1.165, 1.54) is 4.31 Å². The van der Waals surface area contributed by atoms with Crippen molar-refractivity contribution in [1.82, 2.24) is 9.21 Å². The molecule has 1 saturated heterocycles. The number of benzene rings is 1. The molecule has 1 aromatic carbocycles. The van der Waals surface area contributed by atoms with E-state index in [1.807, 2.05) is 13.1 Å². The van der Waals surface area contributed by atoms with Crippen LogP contribution < -0.4 is 0 Å². The molecule has 0 aromatic heterocycles. The first-order chi connectivity index (χ1) is 9.92. The summed E-state index contributed by atoms with van der Waals surface area (Å²) in [6.45, 7) is 1.81. The lowest BCUT2D eigenvalue weighted by molar-refractivity contribution is 0.187. The van der Waals surface area contributed by atoms with Gasteiger partial charge in [0.05, 0.1) is 17.4 Å². The van der Waals surface area contributed by atoms with Crippen molar-refractivity contribution in [2.45, 2.75) is 24.6 Å². The van der Waals surface area contributed by atoms with Gasteiger partial charge < -0.3 is 4.90 Å². The standard InChI is InChI=1S/C15H21N3O2S/c1-17-9-3-4-15(11-17)18(2)21(19,20)12-14-7-5-13(10-16)6-8-14/h5-8,15H,3-4,9,11-12H2,1-2H3. The van der Waals surface area contributed by atoms with E-state index in [4.69, 9.17) is 5.26 Å². The van der Waals surface area contributed by atoms with Crippen LogP contribution in [0.15, 0.2) is 24.3 Å². The monoisotopic (exact) mass is 307 g/mol. The average Bonchev–Trinajstić information content (AvgIpc) is 2.47. The molecule has 21 heavy (non-hydrogen) atoms. The van der Waals surface area contributed by atoms with Crippen molar-refractivity contribution < 1.29 is 8.42 Å². The lowest BCUT2D eigenvalue weighted by Crippen LogP contribution is -2.47. The molecule has 5 nitrogen and oxygen atoms in total. The maximum atomic E-state index is 12.5. The van der Waals surface area contributed by atoms with Crippen LogP contribution in [-0.4, -0.2) is 50.8 Å². The molecule has 2 rings (SSSR count). The largest absolute Gasteiger partial charge is 0.305 e. The summed E-state index contributed by atoms with van der Waals surface area (Å²) in [5.74, 6) is -0.0184. The fourth-order valence-electron chi connectivity index (χ4n) is 2.65. The van der Waals surface area contributed by atoms with E-state index in [0.29, 0.717) is 11.1 Å². The molecule has 0 amide bonds. The molecule has 1 atom stereocenters. The Morgan fingerprint density at radius 2 is 2.05 bits per heavy atom. The highest BCUT2D eigenvalue weighted by atomic mass is 32.2. The summed E-state index contributed by atoms with van der Waals surface area (Å²) >= 11 is 0. The van der Waals surface area contributed by atoms with E-state index in [0.717, 1.165) is 25.9 Å². The molecular formula is C15H21N3O2S. The first-order valence-corrected chi connectivity index (χ1v) is 8.66. The van der Waals surface area contributed by atoms with E-state index < -0.39 is 10.0 Å². The van der Waals surface area contributed by atoms with Gasteiger partial charge in [-0.05, 0) is 44.1 Å². The molecule has 1 fully saturated rings. The summed E-state index contributed by atoms with van der Waals surface area (Å²) in [6, 6.07) is 8.79. The summed E-state index contributed by atoms with van der Waals surface area (Å²) in [5.41, 5.74) is 1.25. The molecular weight excluding hydrogens is 286 g/mol. The maximum Gasteiger partial charge on any atom is 0.218 e. The van der Waals surface area contributed by atoms with Crippen molar-refractivity contribution in [2.75, 3.05) is 27.2 Å². The van der Waals surface area contributed by atoms with Gasteiger partial charge in [0.2, 0.25) is 10.0 Å². The van der Waals surface area contributed by atoms with Crippen LogP contribution >= 0.6 is 0 Å². The molecule has 0 aliphatic carbocycles. The van der Waals surface area contributed by atoms with Crippen LogP contribution in [0.25, 0.3) is 0 Å². The van der Waals surface area contributed by atoms with E-state index in [1.54, 1.807) is 31.3 Å². The Morgan fingerprint density at radius 1 is 1.38 bits per heavy atom. The van der Waals surface area contributed by atoms with Crippen molar-refractivity contribution in [2.24, 2.45) is 0 Å². The van der Waals surface area contributed by atoms with Crippen LogP contribution in [0.5, 0.6) is 0 Å². The number of nitriles is 1. The number of sulfonamides is 1. The van der Waals surface area contributed by atoms with Crippen LogP contribution in [0, 0.1) is 11.3 Å². The number of nitrogens with zero attached hydrogens (tertiary/aromatic N) is 3. The van der Waals surface area contributed by atoms with Gasteiger partial charge in [-0.3, -0.25) is 0 Å². The highest BCUT2D eigenvalue weighted by molar-refractivity contribution is 7.88. The van der Waals surface area contributed by atoms with Gasteiger partial charge in [0, 0.05) is 19.6 Å². The van der Waals surface area contributed by atoms with Crippen LogP contribution in [0.2, 0.25) is 0 Å². The Kier molecular flexibility index (Phi) is 4.99. The van der Waals surface area contributed by atoms with Crippen LogP contribution in [0.3, 0.4) is 0 Å². The second-order valence-electron chi connectivity index (χ2n) is 5.64. The zero-order valence-corrected chi connectivity index (χ0v) is 13.3. The van der Waals surface area contributed by atoms with Gasteiger partial charge in [0.15, 0.2) is 0 Å². The minimum absolute atomic E-state index is 0.0184. The highest BCUT2D eigenvalue weighted by Crippen LogP contribution is 2.19. The van der Waals surface area contributed by atoms with Gasteiger partial charge in [0.25, 0.3) is 0 Å². The van der Waals surface area contributed by atoms with Crippen LogP contribution in [0.4, 0.5) is 0 Å². The van der Waals surface area contributed by atoms with Gasteiger partial charge >= 0.3 is 0 Å². The molecule has 0 saturated carbocycles. The molecule has 1 aromatic rings. The smallest absolute Gasteiger partial charge is 0.218 e. The number of likely N-dealkylation sites (N-methyl/N-ethyl adjacent to an activating group) is 2. The Bertz CT molecular complexity index is 619. The highest BCUT2D eigenvalue weighted by Gasteiger charge is 2.29. The molecule has 0 N–H and O–H groups in total. The second-order valence-corrected chi connectivity index (χ2v) is 7.67. The van der Waals surface area contributed by atoms with Gasteiger partial charge in [-0.25, -0.2) is 12.7 Å². The lowest BCUT2D eigenvalue weighted by Gasteiger charge is -2.35. The van der Waals surface area contributed by atoms with Gasteiger partial charge in [-0.1, -0.05) is 12.1 Å². The molecule has 0 radical (unpaired) electrons. The summed E-state index contributed by atoms with van der Waals surface area (Å²) in [7, 11) is 0.358. The Balaban J connectivity index is 2.08. The normalized spacial score (nSPS) is 20.4. The Labute approximate surface area is 126 Å². The maximum absolute atomic E-state index is 12.5. The molecule has 1 aliphatic heterocycles. The third-order valence-electron chi connectivity index (χ3n) is 3.98. The molecule has 1 unspecified atom stereocenters. The number of rotatable bonds is 4. The third-order valence-corrected chi connectivity index (χ3v) is 5.86. The SMILES string of the molecule is CN1CCCC(N(C)S(=O)(=O)Cc2ccc(C#N)cc2)C1. The van der Waals surface area contributed by atoms with E-state index >= 15 is 0 Å². The third kappa shape index (κ3) is 4.03. The summed E-state index contributed by atoms with van der Waals surface area (Å²) in [4.78, 5) is 2.17. The molecule has 0 bridgehead atoms. The summed E-state index contributed by atoms with van der Waals surface area (Å²) < 4.78 is 26.5. The minimum atomic E-state index is -3.33. The van der Waals surface area contributed by atoms with Gasteiger partial charge in [-0.15, -0.1) is 0 Å². The van der Waals surface area contributed by atoms with Crippen LogP contribution in [-0.2, 0) is 15.8 Å². The van der Waals surface area contributed by atoms with Crippen molar-refractivity contribution in [3.63, 3.8) is 0 Å². The van der Waals surface area contributed by atoms with E-state index in [-0.39, 0.29) is 11.8 Å². The van der Waals surface area contributed by atoms with Gasteiger partial charge in [-0.2, -0.15) is 5.26 Å². The lowest BCUT2D eigenvalue weighted by atomic mass is 10.1. The fraction of sp³-hybridized carbons (Fsp3) is 0.533. The first kappa shape index (κ1) is 16.0. The number of likely N-dealkylation sites (tertiary alicyclic amines) is 1. The zero-order valence-electron chi connectivity index (χ0n) is 12.5. The summed E-state index contributed by atoms with van der Waals surface area (Å²) in [5, 5.41) is 8.76. The average molecular weight is 307 g/mol. The van der Waals surface area contributed by atoms with E-state index in [2.05, 4.69) is 4.90 Å². The zero-order chi connectivity index (χ0) is 15.5. The first-order valence-electron chi connectivity index (χ1n) is 7.05. The molecule has 0 spiro atoms. The molecule has 1 aliphatic rings. The Morgan fingerprint density at radius 3 is 2.62 bits per heavy atom. The van der Waals surface area contributed by atoms with Crippen molar-refractivity contribution in [3.8, 4) is 6.07 Å². The predicted molar refractivity (Wildman–Crippen MR) is 82.1 cm³/mol. The molecule has 1 heterocycles. The molecule has 114 valence electrons. The predicted octanol–water partition coefficient (Wildman–Crippen LogP) is 1.41. The number of hydrogen-bond donors (Lipinski definition) is 0.